The number of anilines is 2. The molecule has 5 nitrogen and oxygen atoms in total. The van der Waals surface area contributed by atoms with E-state index in [-0.39, 0.29) is 17.7 Å². The van der Waals surface area contributed by atoms with Gasteiger partial charge in [0.15, 0.2) is 0 Å². The minimum absolute atomic E-state index is 0.154. The molecule has 28 heavy (non-hydrogen) atoms. The van der Waals surface area contributed by atoms with E-state index < -0.39 is 0 Å². The highest BCUT2D eigenvalue weighted by Gasteiger charge is 2.21. The van der Waals surface area contributed by atoms with Crippen molar-refractivity contribution < 1.29 is 9.59 Å². The van der Waals surface area contributed by atoms with Crippen molar-refractivity contribution in [1.29, 1.82) is 0 Å². The predicted molar refractivity (Wildman–Crippen MR) is 112 cm³/mol. The first-order valence-corrected chi connectivity index (χ1v) is 9.64. The number of nitrogens with one attached hydrogen (secondary N) is 1. The molecule has 1 saturated heterocycles. The number of hydrogen-bond donors (Lipinski definition) is 1. The second-order valence-corrected chi connectivity index (χ2v) is 7.42. The predicted octanol–water partition coefficient (Wildman–Crippen LogP) is 4.74. The molecule has 5 heteroatoms. The molecular weight excluding hydrogens is 350 g/mol. The van der Waals surface area contributed by atoms with Crippen LogP contribution in [-0.2, 0) is 4.79 Å². The van der Waals surface area contributed by atoms with Crippen molar-refractivity contribution in [2.45, 2.75) is 32.6 Å². The number of carbonyl (C=O) groups excluding carboxylic acids is 2. The van der Waals surface area contributed by atoms with Gasteiger partial charge in [0.05, 0.1) is 11.1 Å². The number of para-hydroxylation sites is 1. The van der Waals surface area contributed by atoms with Crippen LogP contribution in [-0.4, -0.2) is 23.3 Å². The van der Waals surface area contributed by atoms with E-state index in [1.54, 1.807) is 4.90 Å². The van der Waals surface area contributed by atoms with Gasteiger partial charge in [-0.3, -0.25) is 14.6 Å². The van der Waals surface area contributed by atoms with Gasteiger partial charge in [-0.05, 0) is 48.7 Å². The fourth-order valence-electron chi connectivity index (χ4n) is 3.52. The molecule has 0 atom stereocenters. The largest absolute Gasteiger partial charge is 0.322 e. The Kier molecular flexibility index (Phi) is 4.82. The molecule has 1 aromatic heterocycles. The minimum atomic E-state index is -0.162. The van der Waals surface area contributed by atoms with Gasteiger partial charge >= 0.3 is 0 Å². The molecule has 1 aliphatic rings. The lowest BCUT2D eigenvalue weighted by atomic mass is 10.0. The average Bonchev–Trinajstić information content (AvgIpc) is 3.13. The third-order valence-corrected chi connectivity index (χ3v) is 5.08. The van der Waals surface area contributed by atoms with Gasteiger partial charge in [-0.2, -0.15) is 0 Å². The number of nitrogens with zero attached hydrogens (tertiary/aromatic N) is 2. The Morgan fingerprint density at radius 3 is 2.54 bits per heavy atom. The summed E-state index contributed by atoms with van der Waals surface area (Å²) in [7, 11) is 0. The first-order valence-electron chi connectivity index (χ1n) is 9.64. The van der Waals surface area contributed by atoms with Gasteiger partial charge in [0.2, 0.25) is 5.91 Å². The Morgan fingerprint density at radius 1 is 1.11 bits per heavy atom. The van der Waals surface area contributed by atoms with E-state index in [2.05, 4.69) is 24.1 Å². The standard InChI is InChI=1S/C23H23N3O2/c1-15(2)21-14-19(18-6-3-4-7-20(18)25-21)23(28)24-16-9-11-17(12-10-16)26-13-5-8-22(26)27/h3-4,6-7,9-12,14-15H,5,8,13H2,1-2H3,(H,24,28). The molecule has 0 aliphatic carbocycles. The summed E-state index contributed by atoms with van der Waals surface area (Å²) in [6, 6.07) is 17.0. The van der Waals surface area contributed by atoms with E-state index in [1.165, 1.54) is 0 Å². The minimum Gasteiger partial charge on any atom is -0.322 e. The van der Waals surface area contributed by atoms with Crippen LogP contribution < -0.4 is 10.2 Å². The lowest BCUT2D eigenvalue weighted by molar-refractivity contribution is -0.117. The first kappa shape index (κ1) is 18.2. The number of carbonyl (C=O) groups is 2. The Balaban J connectivity index is 1.61. The molecule has 0 spiro atoms. The maximum atomic E-state index is 13.0. The molecule has 0 unspecified atom stereocenters. The summed E-state index contributed by atoms with van der Waals surface area (Å²) in [6.07, 6.45) is 1.50. The van der Waals surface area contributed by atoms with Gasteiger partial charge in [0.25, 0.3) is 5.91 Å². The van der Waals surface area contributed by atoms with Gasteiger partial charge in [-0.25, -0.2) is 0 Å². The Morgan fingerprint density at radius 2 is 1.86 bits per heavy atom. The van der Waals surface area contributed by atoms with Crippen LogP contribution in [0.5, 0.6) is 0 Å². The number of amides is 2. The lowest BCUT2D eigenvalue weighted by Crippen LogP contribution is -2.23. The van der Waals surface area contributed by atoms with Crippen molar-refractivity contribution >= 4 is 34.1 Å². The first-order chi connectivity index (χ1) is 13.5. The zero-order chi connectivity index (χ0) is 19.7. The van der Waals surface area contributed by atoms with Crippen LogP contribution in [0.4, 0.5) is 11.4 Å². The molecule has 1 aliphatic heterocycles. The lowest BCUT2D eigenvalue weighted by Gasteiger charge is -2.16. The van der Waals surface area contributed by atoms with Crippen molar-refractivity contribution in [3.8, 4) is 0 Å². The molecule has 0 saturated carbocycles. The number of rotatable bonds is 4. The summed E-state index contributed by atoms with van der Waals surface area (Å²) in [5.41, 5.74) is 3.91. The second-order valence-electron chi connectivity index (χ2n) is 7.42. The summed E-state index contributed by atoms with van der Waals surface area (Å²) in [5.74, 6) is 0.222. The molecule has 2 aromatic carbocycles. The molecule has 3 aromatic rings. The summed E-state index contributed by atoms with van der Waals surface area (Å²) in [6.45, 7) is 4.89. The van der Waals surface area contributed by atoms with E-state index in [9.17, 15) is 9.59 Å². The van der Waals surface area contributed by atoms with Crippen molar-refractivity contribution in [3.05, 3.63) is 65.9 Å². The van der Waals surface area contributed by atoms with E-state index in [1.807, 2.05) is 54.6 Å². The third-order valence-electron chi connectivity index (χ3n) is 5.08. The quantitative estimate of drug-likeness (QED) is 0.719. The Hall–Kier alpha value is -3.21. The number of fused-ring (bicyclic) bond motifs is 1. The normalized spacial score (nSPS) is 14.1. The number of hydrogen-bond acceptors (Lipinski definition) is 3. The molecule has 1 N–H and O–H groups in total. The molecule has 2 amide bonds. The molecule has 142 valence electrons. The molecule has 0 radical (unpaired) electrons. The highest BCUT2D eigenvalue weighted by molar-refractivity contribution is 6.12. The monoisotopic (exact) mass is 373 g/mol. The number of benzene rings is 2. The molecule has 4 rings (SSSR count). The van der Waals surface area contributed by atoms with Gasteiger partial charge in [-0.15, -0.1) is 0 Å². The van der Waals surface area contributed by atoms with E-state index in [0.717, 1.165) is 35.2 Å². The van der Waals surface area contributed by atoms with E-state index in [0.29, 0.717) is 17.7 Å². The van der Waals surface area contributed by atoms with Crippen molar-refractivity contribution in [2.75, 3.05) is 16.8 Å². The topological polar surface area (TPSA) is 62.3 Å². The van der Waals surface area contributed by atoms with Crippen molar-refractivity contribution in [2.24, 2.45) is 0 Å². The molecule has 1 fully saturated rings. The van der Waals surface area contributed by atoms with Gasteiger partial charge in [0, 0.05) is 35.4 Å². The Bertz CT molecular complexity index is 1040. The van der Waals surface area contributed by atoms with Gasteiger partial charge in [0.1, 0.15) is 0 Å². The summed E-state index contributed by atoms with van der Waals surface area (Å²) in [4.78, 5) is 31.3. The van der Waals surface area contributed by atoms with Crippen LogP contribution in [0.25, 0.3) is 10.9 Å². The fraction of sp³-hybridized carbons (Fsp3) is 0.261. The SMILES string of the molecule is CC(C)c1cc(C(=O)Nc2ccc(N3CCCC3=O)cc2)c2ccccc2n1. The number of pyridine rings is 1. The van der Waals surface area contributed by atoms with Crippen molar-refractivity contribution in [3.63, 3.8) is 0 Å². The fourth-order valence-corrected chi connectivity index (χ4v) is 3.52. The third kappa shape index (κ3) is 3.48. The van der Waals surface area contributed by atoms with Gasteiger partial charge < -0.3 is 10.2 Å². The average molecular weight is 373 g/mol. The van der Waals surface area contributed by atoms with Crippen LogP contribution in [0.15, 0.2) is 54.6 Å². The highest BCUT2D eigenvalue weighted by Crippen LogP contribution is 2.25. The maximum Gasteiger partial charge on any atom is 0.256 e. The molecular formula is C23H23N3O2. The maximum absolute atomic E-state index is 13.0. The zero-order valence-corrected chi connectivity index (χ0v) is 16.1. The smallest absolute Gasteiger partial charge is 0.256 e. The summed E-state index contributed by atoms with van der Waals surface area (Å²) in [5, 5.41) is 3.81. The van der Waals surface area contributed by atoms with Crippen LogP contribution in [0.3, 0.4) is 0 Å². The summed E-state index contributed by atoms with van der Waals surface area (Å²) < 4.78 is 0. The van der Waals surface area contributed by atoms with E-state index >= 15 is 0 Å². The van der Waals surface area contributed by atoms with Crippen LogP contribution in [0.2, 0.25) is 0 Å². The number of aromatic nitrogens is 1. The van der Waals surface area contributed by atoms with E-state index in [4.69, 9.17) is 0 Å². The van der Waals surface area contributed by atoms with Crippen molar-refractivity contribution in [1.82, 2.24) is 4.98 Å². The van der Waals surface area contributed by atoms with Crippen LogP contribution >= 0.6 is 0 Å². The van der Waals surface area contributed by atoms with Gasteiger partial charge in [-0.1, -0.05) is 32.0 Å². The molecule has 2 heterocycles. The van der Waals surface area contributed by atoms with Crippen LogP contribution in [0, 0.1) is 0 Å². The Labute approximate surface area is 164 Å². The zero-order valence-electron chi connectivity index (χ0n) is 16.1. The second kappa shape index (κ2) is 7.43. The van der Waals surface area contributed by atoms with Crippen LogP contribution in [0.1, 0.15) is 48.7 Å². The molecule has 0 bridgehead atoms. The summed E-state index contributed by atoms with van der Waals surface area (Å²) >= 11 is 0. The highest BCUT2D eigenvalue weighted by atomic mass is 16.2.